The van der Waals surface area contributed by atoms with Crippen molar-refractivity contribution in [2.75, 3.05) is 38.5 Å². The maximum absolute atomic E-state index is 5.38. The maximum Gasteiger partial charge on any atom is 0.162 e. The van der Waals surface area contributed by atoms with Crippen LogP contribution in [0.15, 0.2) is 42.7 Å². The highest BCUT2D eigenvalue weighted by atomic mass is 35.5. The molecule has 7 heteroatoms. The molecule has 132 valence electrons. The van der Waals surface area contributed by atoms with E-state index in [1.807, 2.05) is 38.4 Å². The van der Waals surface area contributed by atoms with Gasteiger partial charge in [0.05, 0.1) is 19.7 Å². The zero-order chi connectivity index (χ0) is 17.1. The fourth-order valence-electron chi connectivity index (χ4n) is 2.46. The number of benzene rings is 2. The van der Waals surface area contributed by atoms with E-state index in [1.54, 1.807) is 14.2 Å². The summed E-state index contributed by atoms with van der Waals surface area (Å²) in [5.41, 5.74) is 2.88. The fraction of sp³-hybridized carbons (Fsp3) is 0.222. The number of ether oxygens (including phenoxy) is 2. The van der Waals surface area contributed by atoms with E-state index in [0.717, 1.165) is 28.1 Å². The second kappa shape index (κ2) is 7.90. The third kappa shape index (κ3) is 3.85. The van der Waals surface area contributed by atoms with Crippen LogP contribution in [0.1, 0.15) is 0 Å². The summed E-state index contributed by atoms with van der Waals surface area (Å²) >= 11 is 0. The Morgan fingerprint density at radius 2 is 1.56 bits per heavy atom. The fourth-order valence-corrected chi connectivity index (χ4v) is 2.46. The van der Waals surface area contributed by atoms with Gasteiger partial charge in [0.1, 0.15) is 12.1 Å². The summed E-state index contributed by atoms with van der Waals surface area (Å²) < 4.78 is 10.7. The standard InChI is InChI=1S/C18H20N4O2.ClH/c1-22(2)13-7-5-12(6-8-13)21-18-14-9-16(23-3)17(24-4)10-15(14)19-11-20-18;/h5-11H,1-4H3,(H,19,20,21);1H. The Balaban J connectivity index is 0.00000225. The van der Waals surface area contributed by atoms with Gasteiger partial charge in [0.2, 0.25) is 0 Å². The molecule has 0 aliphatic rings. The van der Waals surface area contributed by atoms with Crippen LogP contribution >= 0.6 is 12.4 Å². The molecule has 6 nitrogen and oxygen atoms in total. The summed E-state index contributed by atoms with van der Waals surface area (Å²) in [5, 5.41) is 4.20. The number of rotatable bonds is 5. The first-order valence-electron chi connectivity index (χ1n) is 7.53. The minimum atomic E-state index is 0. The molecule has 3 aromatic rings. The summed E-state index contributed by atoms with van der Waals surface area (Å²) in [6.45, 7) is 0. The Kier molecular flexibility index (Phi) is 5.88. The third-order valence-corrected chi connectivity index (χ3v) is 3.79. The normalized spacial score (nSPS) is 10.1. The van der Waals surface area contributed by atoms with Crippen LogP contribution in [0.2, 0.25) is 0 Å². The number of nitrogens with one attached hydrogen (secondary N) is 1. The van der Waals surface area contributed by atoms with Crippen molar-refractivity contribution in [3.8, 4) is 11.5 Å². The first kappa shape index (κ1) is 18.6. The molecule has 0 amide bonds. The molecule has 0 unspecified atom stereocenters. The molecule has 0 aliphatic carbocycles. The highest BCUT2D eigenvalue weighted by Gasteiger charge is 2.11. The Morgan fingerprint density at radius 3 is 2.16 bits per heavy atom. The molecule has 1 heterocycles. The van der Waals surface area contributed by atoms with Crippen LogP contribution in [-0.2, 0) is 0 Å². The number of fused-ring (bicyclic) bond motifs is 1. The molecule has 0 saturated heterocycles. The van der Waals surface area contributed by atoms with Crippen molar-refractivity contribution >= 4 is 40.5 Å². The number of nitrogens with zero attached hydrogens (tertiary/aromatic N) is 3. The molecule has 25 heavy (non-hydrogen) atoms. The van der Waals surface area contributed by atoms with Gasteiger partial charge in [-0.25, -0.2) is 9.97 Å². The minimum absolute atomic E-state index is 0. The van der Waals surface area contributed by atoms with Crippen LogP contribution in [0.25, 0.3) is 10.9 Å². The first-order valence-corrected chi connectivity index (χ1v) is 7.53. The number of hydrogen-bond acceptors (Lipinski definition) is 6. The molecule has 0 fully saturated rings. The molecule has 0 spiro atoms. The highest BCUT2D eigenvalue weighted by Crippen LogP contribution is 2.34. The summed E-state index contributed by atoms with van der Waals surface area (Å²) in [6, 6.07) is 11.9. The van der Waals surface area contributed by atoms with E-state index >= 15 is 0 Å². The predicted octanol–water partition coefficient (Wildman–Crippen LogP) is 3.88. The molecule has 0 radical (unpaired) electrons. The van der Waals surface area contributed by atoms with Gasteiger partial charge in [-0.3, -0.25) is 0 Å². The third-order valence-electron chi connectivity index (χ3n) is 3.79. The number of methoxy groups -OCH3 is 2. The molecule has 3 rings (SSSR count). The Morgan fingerprint density at radius 1 is 0.920 bits per heavy atom. The molecule has 0 bridgehead atoms. The first-order chi connectivity index (χ1) is 11.6. The smallest absolute Gasteiger partial charge is 0.162 e. The minimum Gasteiger partial charge on any atom is -0.493 e. The lowest BCUT2D eigenvalue weighted by atomic mass is 10.2. The molecule has 1 aromatic heterocycles. The Hall–Kier alpha value is -2.73. The highest BCUT2D eigenvalue weighted by molar-refractivity contribution is 5.93. The van der Waals surface area contributed by atoms with Gasteiger partial charge >= 0.3 is 0 Å². The summed E-state index contributed by atoms with van der Waals surface area (Å²) in [6.07, 6.45) is 1.53. The van der Waals surface area contributed by atoms with Crippen molar-refractivity contribution in [1.82, 2.24) is 9.97 Å². The van der Waals surface area contributed by atoms with Crippen molar-refractivity contribution in [1.29, 1.82) is 0 Å². The van der Waals surface area contributed by atoms with Crippen molar-refractivity contribution in [2.45, 2.75) is 0 Å². The van der Waals surface area contributed by atoms with Gasteiger partial charge in [-0.1, -0.05) is 0 Å². The number of halogens is 1. The molecule has 2 aromatic carbocycles. The van der Waals surface area contributed by atoms with Gasteiger partial charge in [0.15, 0.2) is 11.5 Å². The van der Waals surface area contributed by atoms with E-state index in [1.165, 1.54) is 6.33 Å². The molecule has 0 atom stereocenters. The van der Waals surface area contributed by atoms with Gasteiger partial charge in [-0.2, -0.15) is 0 Å². The molecular formula is C18H21ClN4O2. The Labute approximate surface area is 153 Å². The molecular weight excluding hydrogens is 340 g/mol. The molecule has 1 N–H and O–H groups in total. The van der Waals surface area contributed by atoms with E-state index in [0.29, 0.717) is 11.5 Å². The lowest BCUT2D eigenvalue weighted by Gasteiger charge is -2.14. The second-order valence-electron chi connectivity index (χ2n) is 5.51. The zero-order valence-electron chi connectivity index (χ0n) is 14.6. The van der Waals surface area contributed by atoms with Crippen LogP contribution in [0, 0.1) is 0 Å². The number of anilines is 3. The van der Waals surface area contributed by atoms with Crippen molar-refractivity contribution in [3.05, 3.63) is 42.7 Å². The predicted molar refractivity (Wildman–Crippen MR) is 104 cm³/mol. The van der Waals surface area contributed by atoms with E-state index < -0.39 is 0 Å². The van der Waals surface area contributed by atoms with E-state index in [4.69, 9.17) is 9.47 Å². The van der Waals surface area contributed by atoms with E-state index in [-0.39, 0.29) is 12.4 Å². The van der Waals surface area contributed by atoms with Gasteiger partial charge in [0.25, 0.3) is 0 Å². The van der Waals surface area contributed by atoms with Crippen molar-refractivity contribution < 1.29 is 9.47 Å². The average molecular weight is 361 g/mol. The van der Waals surface area contributed by atoms with Gasteiger partial charge in [0, 0.05) is 36.9 Å². The van der Waals surface area contributed by atoms with Gasteiger partial charge in [-0.15, -0.1) is 12.4 Å². The summed E-state index contributed by atoms with van der Waals surface area (Å²) in [5.74, 6) is 2.01. The maximum atomic E-state index is 5.38. The Bertz CT molecular complexity index is 854. The monoisotopic (exact) mass is 360 g/mol. The largest absolute Gasteiger partial charge is 0.493 e. The molecule has 0 saturated carbocycles. The zero-order valence-corrected chi connectivity index (χ0v) is 15.4. The van der Waals surface area contributed by atoms with Crippen LogP contribution in [0.5, 0.6) is 11.5 Å². The quantitative estimate of drug-likeness (QED) is 0.745. The van der Waals surface area contributed by atoms with E-state index in [2.05, 4.69) is 32.3 Å². The number of hydrogen-bond donors (Lipinski definition) is 1. The van der Waals surface area contributed by atoms with Crippen LogP contribution in [0.3, 0.4) is 0 Å². The topological polar surface area (TPSA) is 59.5 Å². The lowest BCUT2D eigenvalue weighted by Crippen LogP contribution is -2.08. The summed E-state index contributed by atoms with van der Waals surface area (Å²) in [7, 11) is 7.25. The van der Waals surface area contributed by atoms with Crippen LogP contribution in [0.4, 0.5) is 17.2 Å². The SMILES string of the molecule is COc1cc2ncnc(Nc3ccc(N(C)C)cc3)c2cc1OC.Cl. The van der Waals surface area contributed by atoms with Crippen molar-refractivity contribution in [3.63, 3.8) is 0 Å². The van der Waals surface area contributed by atoms with Crippen LogP contribution in [-0.4, -0.2) is 38.3 Å². The van der Waals surface area contributed by atoms with Crippen molar-refractivity contribution in [2.24, 2.45) is 0 Å². The van der Waals surface area contributed by atoms with Gasteiger partial charge < -0.3 is 19.7 Å². The second-order valence-corrected chi connectivity index (χ2v) is 5.51. The lowest BCUT2D eigenvalue weighted by molar-refractivity contribution is 0.356. The average Bonchev–Trinajstić information content (AvgIpc) is 2.61. The number of aromatic nitrogens is 2. The molecule has 0 aliphatic heterocycles. The van der Waals surface area contributed by atoms with Gasteiger partial charge in [-0.05, 0) is 30.3 Å². The summed E-state index contributed by atoms with van der Waals surface area (Å²) in [4.78, 5) is 10.7. The van der Waals surface area contributed by atoms with E-state index in [9.17, 15) is 0 Å². The van der Waals surface area contributed by atoms with Crippen LogP contribution < -0.4 is 19.7 Å².